The molecule has 11 nitrogen and oxygen atoms in total. The Bertz CT molecular complexity index is 1510. The molecule has 1 aromatic heterocycles. The Morgan fingerprint density at radius 2 is 1.80 bits per heavy atom. The van der Waals surface area contributed by atoms with Gasteiger partial charge in [0, 0.05) is 23.5 Å². The quantitative estimate of drug-likeness (QED) is 0.182. The summed E-state index contributed by atoms with van der Waals surface area (Å²) in [4.78, 5) is 29.7. The molecule has 0 aliphatic heterocycles. The summed E-state index contributed by atoms with van der Waals surface area (Å²) in [6, 6.07) is 16.2. The summed E-state index contributed by atoms with van der Waals surface area (Å²) in [5, 5.41) is 13.9. The minimum absolute atomic E-state index is 0.00107. The van der Waals surface area contributed by atoms with E-state index in [2.05, 4.69) is 20.0 Å². The highest BCUT2D eigenvalue weighted by molar-refractivity contribution is 7.92. The van der Waals surface area contributed by atoms with Crippen molar-refractivity contribution in [3.05, 3.63) is 82.4 Å². The van der Waals surface area contributed by atoms with Crippen molar-refractivity contribution in [2.24, 2.45) is 0 Å². The summed E-state index contributed by atoms with van der Waals surface area (Å²) in [7, 11) is -3.93. The van der Waals surface area contributed by atoms with Crippen LogP contribution in [0.15, 0.2) is 71.6 Å². The van der Waals surface area contributed by atoms with Gasteiger partial charge in [-0.3, -0.25) is 14.8 Å². The predicted molar refractivity (Wildman–Crippen MR) is 130 cm³/mol. The van der Waals surface area contributed by atoms with Crippen LogP contribution in [-0.2, 0) is 14.8 Å². The lowest BCUT2D eigenvalue weighted by Crippen LogP contribution is -2.14. The van der Waals surface area contributed by atoms with Gasteiger partial charge in [-0.15, -0.1) is 0 Å². The fourth-order valence-electron chi connectivity index (χ4n) is 3.22. The highest BCUT2D eigenvalue weighted by Crippen LogP contribution is 2.24. The molecule has 0 amide bonds. The first-order valence-electron chi connectivity index (χ1n) is 10.5. The summed E-state index contributed by atoms with van der Waals surface area (Å²) in [6.07, 6.45) is -0.264. The fraction of sp³-hybridized carbons (Fsp3) is 0.130. The van der Waals surface area contributed by atoms with Crippen molar-refractivity contribution in [2.75, 3.05) is 10.0 Å². The van der Waals surface area contributed by atoms with Gasteiger partial charge in [-0.2, -0.15) is 0 Å². The topological polar surface area (TPSA) is 156 Å². The molecule has 0 atom stereocenters. The van der Waals surface area contributed by atoms with Gasteiger partial charge in [0.1, 0.15) is 0 Å². The smallest absolute Gasteiger partial charge is 0.338 e. The van der Waals surface area contributed by atoms with Gasteiger partial charge < -0.3 is 15.0 Å². The molecule has 0 spiro atoms. The number of esters is 1. The zero-order valence-corrected chi connectivity index (χ0v) is 19.5. The maximum absolute atomic E-state index is 12.9. The number of benzene rings is 3. The number of nitro groups is 1. The largest absolute Gasteiger partial charge is 0.459 e. The first-order chi connectivity index (χ1) is 16.6. The van der Waals surface area contributed by atoms with Gasteiger partial charge in [0.2, 0.25) is 5.95 Å². The number of fused-ring (bicyclic) bond motifs is 1. The molecule has 0 bridgehead atoms. The monoisotopic (exact) mass is 495 g/mol. The van der Waals surface area contributed by atoms with Crippen LogP contribution in [0.25, 0.3) is 11.0 Å². The number of hydrogen-bond donors (Lipinski definition) is 3. The molecular formula is C23H21N5O6S. The highest BCUT2D eigenvalue weighted by Gasteiger charge is 2.17. The van der Waals surface area contributed by atoms with E-state index in [9.17, 15) is 23.3 Å². The Morgan fingerprint density at radius 1 is 1.06 bits per heavy atom. The number of anilines is 3. The normalized spacial score (nSPS) is 11.4. The first-order valence-corrected chi connectivity index (χ1v) is 11.9. The van der Waals surface area contributed by atoms with Crippen molar-refractivity contribution in [1.29, 1.82) is 0 Å². The molecule has 1 heterocycles. The third-order valence-corrected chi connectivity index (χ3v) is 6.18. The molecule has 4 aromatic rings. The maximum Gasteiger partial charge on any atom is 0.338 e. The number of aromatic amines is 1. The number of nitrogens with one attached hydrogen (secondary N) is 3. The first kappa shape index (κ1) is 23.7. The number of carbonyl (C=O) groups excluding carboxylic acids is 1. The van der Waals surface area contributed by atoms with Gasteiger partial charge in [0.05, 0.1) is 32.5 Å². The van der Waals surface area contributed by atoms with Crippen molar-refractivity contribution < 1.29 is 22.9 Å². The number of carbonyl (C=O) groups is 1. The summed E-state index contributed by atoms with van der Waals surface area (Å²) < 4.78 is 33.4. The van der Waals surface area contributed by atoms with E-state index in [4.69, 9.17) is 4.74 Å². The number of H-pyrrole nitrogens is 1. The Labute approximate surface area is 200 Å². The molecule has 0 saturated heterocycles. The van der Waals surface area contributed by atoms with Gasteiger partial charge in [-0.25, -0.2) is 18.2 Å². The number of rotatable bonds is 8. The number of nitro benzene ring substituents is 1. The summed E-state index contributed by atoms with van der Waals surface area (Å²) >= 11 is 0. The molecule has 0 radical (unpaired) electrons. The number of sulfonamides is 1. The number of hydrogen-bond acceptors (Lipinski definition) is 8. The summed E-state index contributed by atoms with van der Waals surface area (Å²) in [5.74, 6) is -0.194. The van der Waals surface area contributed by atoms with E-state index in [1.807, 2.05) is 0 Å². The van der Waals surface area contributed by atoms with Crippen LogP contribution in [0.5, 0.6) is 0 Å². The van der Waals surface area contributed by atoms with Crippen LogP contribution in [0.4, 0.5) is 23.0 Å². The van der Waals surface area contributed by atoms with E-state index in [0.717, 1.165) is 0 Å². The van der Waals surface area contributed by atoms with E-state index in [-0.39, 0.29) is 22.4 Å². The molecule has 180 valence electrons. The number of imidazole rings is 1. The Balaban J connectivity index is 1.52. The van der Waals surface area contributed by atoms with Crippen molar-refractivity contribution in [3.63, 3.8) is 0 Å². The zero-order valence-electron chi connectivity index (χ0n) is 18.7. The van der Waals surface area contributed by atoms with Gasteiger partial charge in [-0.05, 0) is 62.4 Å². The van der Waals surface area contributed by atoms with Gasteiger partial charge in [-0.1, -0.05) is 6.07 Å². The molecule has 0 fully saturated rings. The number of non-ortho nitro benzene ring substituents is 1. The van der Waals surface area contributed by atoms with Crippen LogP contribution in [0, 0.1) is 10.1 Å². The van der Waals surface area contributed by atoms with Gasteiger partial charge in [0.25, 0.3) is 15.7 Å². The molecule has 0 aliphatic carbocycles. The second-order valence-electron chi connectivity index (χ2n) is 7.83. The third kappa shape index (κ3) is 5.55. The van der Waals surface area contributed by atoms with E-state index in [1.165, 1.54) is 48.5 Å². The average molecular weight is 496 g/mol. The lowest BCUT2D eigenvalue weighted by Gasteiger charge is -2.10. The second kappa shape index (κ2) is 9.43. The lowest BCUT2D eigenvalue weighted by atomic mass is 10.2. The van der Waals surface area contributed by atoms with Crippen molar-refractivity contribution in [2.45, 2.75) is 24.8 Å². The van der Waals surface area contributed by atoms with Crippen molar-refractivity contribution in [3.8, 4) is 0 Å². The zero-order chi connectivity index (χ0) is 25.2. The van der Waals surface area contributed by atoms with E-state index >= 15 is 0 Å². The van der Waals surface area contributed by atoms with E-state index in [1.54, 1.807) is 32.0 Å². The Hall–Kier alpha value is -4.45. The van der Waals surface area contributed by atoms with Gasteiger partial charge >= 0.3 is 5.97 Å². The van der Waals surface area contributed by atoms with Crippen LogP contribution in [0.1, 0.15) is 24.2 Å². The predicted octanol–water partition coefficient (Wildman–Crippen LogP) is 4.58. The minimum Gasteiger partial charge on any atom is -0.459 e. The van der Waals surface area contributed by atoms with Gasteiger partial charge in [0.15, 0.2) is 0 Å². The summed E-state index contributed by atoms with van der Waals surface area (Å²) in [6.45, 7) is 3.48. The van der Waals surface area contributed by atoms with E-state index < -0.39 is 20.9 Å². The fourth-order valence-corrected chi connectivity index (χ4v) is 4.30. The van der Waals surface area contributed by atoms with Crippen LogP contribution >= 0.6 is 0 Å². The van der Waals surface area contributed by atoms with Crippen molar-refractivity contribution >= 4 is 50.0 Å². The molecule has 35 heavy (non-hydrogen) atoms. The Morgan fingerprint density at radius 3 is 2.49 bits per heavy atom. The molecular weight excluding hydrogens is 474 g/mol. The molecule has 0 saturated carbocycles. The number of ether oxygens (including phenoxy) is 1. The highest BCUT2D eigenvalue weighted by atomic mass is 32.2. The Kier molecular flexibility index (Phi) is 6.38. The second-order valence-corrected chi connectivity index (χ2v) is 9.52. The lowest BCUT2D eigenvalue weighted by molar-refractivity contribution is -0.384. The SMILES string of the molecule is CC(C)OC(=O)c1ccc(NS(=O)(=O)c2ccc3nc(Nc4cccc([N+](=O)[O-])c4)[nH]c3c2)cc1. The maximum atomic E-state index is 12.9. The minimum atomic E-state index is -3.93. The molecule has 3 aromatic carbocycles. The summed E-state index contributed by atoms with van der Waals surface area (Å²) in [5.41, 5.74) is 1.93. The number of nitrogens with zero attached hydrogens (tertiary/aromatic N) is 2. The standard InChI is InChI=1S/C23H21N5O6S/c1-14(2)34-22(29)15-6-8-16(9-7-15)27-35(32,33)19-10-11-20-21(13-19)26-23(25-20)24-17-4-3-5-18(12-17)28(30)31/h3-14,27H,1-2H3,(H2,24,25,26). The van der Waals surface area contributed by atoms with Crippen LogP contribution in [0.3, 0.4) is 0 Å². The van der Waals surface area contributed by atoms with Crippen LogP contribution < -0.4 is 10.0 Å². The molecule has 4 rings (SSSR count). The molecule has 12 heteroatoms. The molecule has 3 N–H and O–H groups in total. The molecule has 0 unspecified atom stereocenters. The van der Waals surface area contributed by atoms with Crippen LogP contribution in [0.2, 0.25) is 0 Å². The van der Waals surface area contributed by atoms with Crippen LogP contribution in [-0.4, -0.2) is 35.4 Å². The van der Waals surface area contributed by atoms with Crippen molar-refractivity contribution in [1.82, 2.24) is 9.97 Å². The number of aromatic nitrogens is 2. The van der Waals surface area contributed by atoms with E-state index in [0.29, 0.717) is 28.2 Å². The average Bonchev–Trinajstić information content (AvgIpc) is 3.20. The molecule has 0 aliphatic rings. The third-order valence-electron chi connectivity index (χ3n) is 4.80.